The van der Waals surface area contributed by atoms with E-state index in [1.54, 1.807) is 68.7 Å². The monoisotopic (exact) mass is 564 g/mol. The highest BCUT2D eigenvalue weighted by Gasteiger charge is 2.34. The van der Waals surface area contributed by atoms with Gasteiger partial charge in [0.2, 0.25) is 11.8 Å². The van der Waals surface area contributed by atoms with Crippen molar-refractivity contribution in [3.63, 3.8) is 0 Å². The molecule has 0 radical (unpaired) electrons. The summed E-state index contributed by atoms with van der Waals surface area (Å²) in [5, 5.41) is 3.79. The second kappa shape index (κ2) is 14.1. The van der Waals surface area contributed by atoms with E-state index in [2.05, 4.69) is 5.32 Å². The van der Waals surface area contributed by atoms with Crippen LogP contribution in [0.3, 0.4) is 0 Å². The summed E-state index contributed by atoms with van der Waals surface area (Å²) in [5.74, 6) is 1.34. The number of ether oxygens (including phenoxy) is 3. The van der Waals surface area contributed by atoms with E-state index in [1.807, 2.05) is 24.3 Å². The van der Waals surface area contributed by atoms with Crippen molar-refractivity contribution in [2.75, 3.05) is 26.2 Å². The van der Waals surface area contributed by atoms with Gasteiger partial charge in [-0.05, 0) is 66.8 Å². The Morgan fingerprint density at radius 2 is 1.55 bits per heavy atom. The lowest BCUT2D eigenvalue weighted by Gasteiger charge is -2.34. The predicted octanol–water partition coefficient (Wildman–Crippen LogP) is 6.52. The third kappa shape index (κ3) is 7.27. The number of halogens is 1. The first-order chi connectivity index (χ1) is 19.4. The van der Waals surface area contributed by atoms with E-state index in [4.69, 9.17) is 25.8 Å². The van der Waals surface area contributed by atoms with Gasteiger partial charge in [0.05, 0.1) is 21.3 Å². The predicted molar refractivity (Wildman–Crippen MR) is 158 cm³/mol. The Kier molecular flexibility index (Phi) is 10.3. The number of anilines is 1. The van der Waals surface area contributed by atoms with Gasteiger partial charge in [0, 0.05) is 29.2 Å². The molecule has 1 unspecified atom stereocenters. The molecule has 0 aromatic heterocycles. The highest BCUT2D eigenvalue weighted by atomic mass is 35.5. The zero-order chi connectivity index (χ0) is 28.5. The van der Waals surface area contributed by atoms with Crippen LogP contribution in [0.25, 0.3) is 0 Å². The molecular weight excluding hydrogens is 528 g/mol. The highest BCUT2D eigenvalue weighted by Crippen LogP contribution is 2.36. The minimum atomic E-state index is -0.902. The quantitative estimate of drug-likeness (QED) is 0.287. The molecule has 1 aliphatic carbocycles. The molecule has 4 rings (SSSR count). The van der Waals surface area contributed by atoms with Crippen LogP contribution >= 0.6 is 11.6 Å². The van der Waals surface area contributed by atoms with Crippen molar-refractivity contribution in [2.24, 2.45) is 0 Å². The summed E-state index contributed by atoms with van der Waals surface area (Å²) >= 11 is 6.20. The maximum atomic E-state index is 14.1. The average molecular weight is 565 g/mol. The highest BCUT2D eigenvalue weighted by molar-refractivity contribution is 6.30. The molecule has 0 bridgehead atoms. The minimum Gasteiger partial charge on any atom is -0.497 e. The molecule has 0 aliphatic heterocycles. The SMILES string of the molecule is COc1ccc(CCC(=O)N(c2ccc(OC)c(OC)c2)C(C(=O)NC2CCCCC2)c2ccc(Cl)cc2)cc1. The molecule has 2 amide bonds. The third-order valence-electron chi connectivity index (χ3n) is 7.34. The van der Waals surface area contributed by atoms with E-state index in [0.717, 1.165) is 37.0 Å². The standard InChI is InChI=1S/C32H37ClN2O5/c1-38-27-17-9-22(10-18-27)11-20-30(36)35(26-16-19-28(39-2)29(21-26)40-3)31(23-12-14-24(33)15-13-23)32(37)34-25-7-5-4-6-8-25/h9-10,12-19,21,25,31H,4-8,11,20H2,1-3H3,(H,34,37). The van der Waals surface area contributed by atoms with Crippen LogP contribution in [0.15, 0.2) is 66.7 Å². The first-order valence-corrected chi connectivity index (χ1v) is 14.0. The Balaban J connectivity index is 1.73. The van der Waals surface area contributed by atoms with Crippen LogP contribution in [-0.2, 0) is 16.0 Å². The lowest BCUT2D eigenvalue weighted by molar-refractivity contribution is -0.127. The number of benzene rings is 3. The number of amides is 2. The van der Waals surface area contributed by atoms with Gasteiger partial charge < -0.3 is 19.5 Å². The number of rotatable bonds is 11. The van der Waals surface area contributed by atoms with E-state index in [9.17, 15) is 9.59 Å². The Hall–Kier alpha value is -3.71. The zero-order valence-electron chi connectivity index (χ0n) is 23.3. The molecule has 40 heavy (non-hydrogen) atoms. The molecule has 0 saturated heterocycles. The maximum Gasteiger partial charge on any atom is 0.248 e. The Morgan fingerprint density at radius 3 is 2.17 bits per heavy atom. The van der Waals surface area contributed by atoms with Gasteiger partial charge in [-0.25, -0.2) is 0 Å². The van der Waals surface area contributed by atoms with Gasteiger partial charge in [-0.15, -0.1) is 0 Å². The van der Waals surface area contributed by atoms with Crippen molar-refractivity contribution < 1.29 is 23.8 Å². The van der Waals surface area contributed by atoms with Gasteiger partial charge in [-0.2, -0.15) is 0 Å². The van der Waals surface area contributed by atoms with Gasteiger partial charge in [0.1, 0.15) is 11.8 Å². The Bertz CT molecular complexity index is 1270. The molecule has 1 fully saturated rings. The van der Waals surface area contributed by atoms with Crippen LogP contribution in [0.2, 0.25) is 5.02 Å². The van der Waals surface area contributed by atoms with Gasteiger partial charge in [0.25, 0.3) is 0 Å². The number of carbonyl (C=O) groups is 2. The number of nitrogens with one attached hydrogen (secondary N) is 1. The van der Waals surface area contributed by atoms with E-state index in [-0.39, 0.29) is 24.3 Å². The smallest absolute Gasteiger partial charge is 0.248 e. The summed E-state index contributed by atoms with van der Waals surface area (Å²) in [4.78, 5) is 29.7. The Morgan fingerprint density at radius 1 is 0.875 bits per heavy atom. The minimum absolute atomic E-state index is 0.0812. The van der Waals surface area contributed by atoms with Gasteiger partial charge in [-0.3, -0.25) is 14.5 Å². The van der Waals surface area contributed by atoms with Crippen LogP contribution in [-0.4, -0.2) is 39.2 Å². The number of aryl methyl sites for hydroxylation is 1. The average Bonchev–Trinajstić information content (AvgIpc) is 2.99. The molecule has 3 aromatic carbocycles. The van der Waals surface area contributed by atoms with E-state index >= 15 is 0 Å². The second-order valence-corrected chi connectivity index (χ2v) is 10.4. The molecule has 1 aliphatic rings. The molecule has 3 aromatic rings. The van der Waals surface area contributed by atoms with Gasteiger partial charge in [0.15, 0.2) is 11.5 Å². The van der Waals surface area contributed by atoms with Crippen molar-refractivity contribution >= 4 is 29.1 Å². The lowest BCUT2D eigenvalue weighted by atomic mass is 9.94. The summed E-state index contributed by atoms with van der Waals surface area (Å²) in [7, 11) is 4.72. The van der Waals surface area contributed by atoms with Crippen LogP contribution in [0.5, 0.6) is 17.2 Å². The second-order valence-electron chi connectivity index (χ2n) is 9.95. The normalized spacial score (nSPS) is 14.2. The van der Waals surface area contributed by atoms with Crippen LogP contribution < -0.4 is 24.4 Å². The fourth-order valence-electron chi connectivity index (χ4n) is 5.17. The molecule has 0 heterocycles. The fourth-order valence-corrected chi connectivity index (χ4v) is 5.29. The van der Waals surface area contributed by atoms with E-state index < -0.39 is 6.04 Å². The van der Waals surface area contributed by atoms with Gasteiger partial charge >= 0.3 is 0 Å². The van der Waals surface area contributed by atoms with E-state index in [1.165, 1.54) is 6.42 Å². The molecular formula is C32H37ClN2O5. The fraction of sp³-hybridized carbons (Fsp3) is 0.375. The number of methoxy groups -OCH3 is 3. The molecule has 7 nitrogen and oxygen atoms in total. The van der Waals surface area contributed by atoms with Crippen LogP contribution in [0, 0.1) is 0 Å². The zero-order valence-corrected chi connectivity index (χ0v) is 24.1. The summed E-state index contributed by atoms with van der Waals surface area (Å²) in [6.07, 6.45) is 5.90. The molecule has 212 valence electrons. The molecule has 1 atom stereocenters. The summed E-state index contributed by atoms with van der Waals surface area (Å²) in [6.45, 7) is 0. The van der Waals surface area contributed by atoms with E-state index in [0.29, 0.717) is 34.2 Å². The van der Waals surface area contributed by atoms with Crippen molar-refractivity contribution in [1.82, 2.24) is 5.32 Å². The third-order valence-corrected chi connectivity index (χ3v) is 7.60. The van der Waals surface area contributed by atoms with Crippen molar-refractivity contribution in [2.45, 2.75) is 57.0 Å². The van der Waals surface area contributed by atoms with Crippen LogP contribution in [0.4, 0.5) is 5.69 Å². The largest absolute Gasteiger partial charge is 0.497 e. The van der Waals surface area contributed by atoms with Crippen molar-refractivity contribution in [1.29, 1.82) is 0 Å². The first kappa shape index (κ1) is 29.3. The van der Waals surface area contributed by atoms with Crippen LogP contribution in [0.1, 0.15) is 55.7 Å². The Labute approximate surface area is 241 Å². The molecule has 1 N–H and O–H groups in total. The molecule has 0 spiro atoms. The summed E-state index contributed by atoms with van der Waals surface area (Å²) < 4.78 is 16.2. The van der Waals surface area contributed by atoms with Gasteiger partial charge in [-0.1, -0.05) is 55.1 Å². The maximum absolute atomic E-state index is 14.1. The number of nitrogens with zero attached hydrogens (tertiary/aromatic N) is 1. The topological polar surface area (TPSA) is 77.1 Å². The number of carbonyl (C=O) groups excluding carboxylic acids is 2. The summed E-state index contributed by atoms with van der Waals surface area (Å²) in [6, 6.07) is 19.2. The first-order valence-electron chi connectivity index (χ1n) is 13.7. The van der Waals surface area contributed by atoms with Crippen molar-refractivity contribution in [3.05, 3.63) is 82.9 Å². The van der Waals surface area contributed by atoms with Crippen molar-refractivity contribution in [3.8, 4) is 17.2 Å². The lowest BCUT2D eigenvalue weighted by Crippen LogP contribution is -2.47. The number of hydrogen-bond acceptors (Lipinski definition) is 5. The summed E-state index contributed by atoms with van der Waals surface area (Å²) in [5.41, 5.74) is 2.21. The molecule has 8 heteroatoms. The molecule has 1 saturated carbocycles. The number of hydrogen-bond donors (Lipinski definition) is 1.